The predicted octanol–water partition coefficient (Wildman–Crippen LogP) is 4.46. The van der Waals surface area contributed by atoms with Gasteiger partial charge in [0.2, 0.25) is 0 Å². The highest BCUT2D eigenvalue weighted by Crippen LogP contribution is 2.34. The molecule has 1 saturated carbocycles. The van der Waals surface area contributed by atoms with Crippen molar-refractivity contribution in [3.05, 3.63) is 72.6 Å². The number of benzene rings is 1. The molecule has 3 heterocycles. The number of nitrogens with one attached hydrogen (secondary N) is 1. The van der Waals surface area contributed by atoms with Gasteiger partial charge >= 0.3 is 0 Å². The lowest BCUT2D eigenvalue weighted by Gasteiger charge is -2.23. The van der Waals surface area contributed by atoms with Crippen LogP contribution in [-0.4, -0.2) is 36.6 Å². The van der Waals surface area contributed by atoms with Gasteiger partial charge in [0.25, 0.3) is 5.91 Å². The average Bonchev–Trinajstić information content (AvgIpc) is 3.52. The molecular weight excluding hydrogens is 400 g/mol. The molecule has 5 rings (SSSR count). The molecule has 0 aliphatic heterocycles. The molecule has 3 aromatic heterocycles. The summed E-state index contributed by atoms with van der Waals surface area (Å²) >= 11 is 0. The van der Waals surface area contributed by atoms with E-state index in [9.17, 15) is 4.79 Å². The van der Waals surface area contributed by atoms with Gasteiger partial charge < -0.3 is 9.88 Å². The van der Waals surface area contributed by atoms with Crippen LogP contribution in [0.5, 0.6) is 0 Å². The Morgan fingerprint density at radius 1 is 1.09 bits per heavy atom. The Morgan fingerprint density at radius 3 is 2.72 bits per heavy atom. The van der Waals surface area contributed by atoms with Gasteiger partial charge in [0.1, 0.15) is 0 Å². The molecule has 0 bridgehead atoms. The highest BCUT2D eigenvalue weighted by molar-refractivity contribution is 5.93. The van der Waals surface area contributed by atoms with Crippen LogP contribution >= 0.6 is 0 Å². The zero-order chi connectivity index (χ0) is 21.8. The molecule has 1 aliphatic carbocycles. The van der Waals surface area contributed by atoms with E-state index in [2.05, 4.69) is 33.6 Å². The average molecular weight is 429 g/mol. The van der Waals surface area contributed by atoms with Crippen LogP contribution in [0.2, 0.25) is 0 Å². The second kappa shape index (κ2) is 9.34. The first-order valence-corrected chi connectivity index (χ1v) is 11.5. The Hall–Kier alpha value is -3.48. The molecule has 0 saturated heterocycles. The summed E-state index contributed by atoms with van der Waals surface area (Å²) in [6.45, 7) is 1.41. The third kappa shape index (κ3) is 4.42. The maximum atomic E-state index is 12.8. The lowest BCUT2D eigenvalue weighted by Crippen LogP contribution is -2.25. The van der Waals surface area contributed by atoms with E-state index in [1.54, 1.807) is 12.5 Å². The fraction of sp³-hybridized carbons (Fsp3) is 0.360. The Morgan fingerprint density at radius 2 is 1.94 bits per heavy atom. The molecule has 1 amide bonds. The van der Waals surface area contributed by atoms with Gasteiger partial charge in [0, 0.05) is 48.7 Å². The van der Waals surface area contributed by atoms with Crippen LogP contribution in [0.15, 0.2) is 61.2 Å². The first kappa shape index (κ1) is 20.4. The van der Waals surface area contributed by atoms with Crippen molar-refractivity contribution in [2.75, 3.05) is 6.54 Å². The minimum atomic E-state index is -0.156. The summed E-state index contributed by atoms with van der Waals surface area (Å²) in [5.41, 5.74) is 4.33. The molecule has 0 radical (unpaired) electrons. The number of imidazole rings is 1. The third-order valence-electron chi connectivity index (χ3n) is 6.22. The van der Waals surface area contributed by atoms with Crippen molar-refractivity contribution < 1.29 is 4.79 Å². The minimum absolute atomic E-state index is 0.156. The number of carbonyl (C=O) groups excluding carboxylic acids is 1. The van der Waals surface area contributed by atoms with E-state index < -0.39 is 0 Å². The molecule has 4 aromatic rings. The molecule has 32 heavy (non-hydrogen) atoms. The Labute approximate surface area is 187 Å². The first-order valence-electron chi connectivity index (χ1n) is 11.5. The second-order valence-corrected chi connectivity index (χ2v) is 8.48. The van der Waals surface area contributed by atoms with Crippen LogP contribution in [0.4, 0.5) is 0 Å². The topological polar surface area (TPSA) is 77.1 Å². The number of fused-ring (bicyclic) bond motifs is 1. The molecule has 1 aliphatic rings. The SMILES string of the molecule is O=C(NCCCn1ccnc1)c1cc2nc(-c3ccccc3)cc(C3CCCCC3)n2n1. The largest absolute Gasteiger partial charge is 0.351 e. The number of carbonyl (C=O) groups is 1. The van der Waals surface area contributed by atoms with Crippen LogP contribution < -0.4 is 5.32 Å². The Balaban J connectivity index is 1.40. The molecule has 0 atom stereocenters. The number of hydrogen-bond donors (Lipinski definition) is 1. The van der Waals surface area contributed by atoms with Gasteiger partial charge in [0.15, 0.2) is 11.3 Å². The fourth-order valence-electron chi connectivity index (χ4n) is 4.53. The number of nitrogens with zero attached hydrogens (tertiary/aromatic N) is 5. The summed E-state index contributed by atoms with van der Waals surface area (Å²) in [5.74, 6) is 0.291. The highest BCUT2D eigenvalue weighted by atomic mass is 16.1. The van der Waals surface area contributed by atoms with Gasteiger partial charge in [-0.3, -0.25) is 4.79 Å². The molecule has 1 aromatic carbocycles. The number of aryl methyl sites for hydroxylation is 1. The summed E-state index contributed by atoms with van der Waals surface area (Å²) < 4.78 is 3.89. The summed E-state index contributed by atoms with van der Waals surface area (Å²) in [5, 5.41) is 7.67. The third-order valence-corrected chi connectivity index (χ3v) is 6.22. The molecular formula is C25H28N6O. The summed E-state index contributed by atoms with van der Waals surface area (Å²) in [7, 11) is 0. The Bertz CT molecular complexity index is 1180. The van der Waals surface area contributed by atoms with Crippen molar-refractivity contribution in [3.63, 3.8) is 0 Å². The van der Waals surface area contributed by atoms with Crippen molar-refractivity contribution in [1.29, 1.82) is 0 Å². The monoisotopic (exact) mass is 428 g/mol. The zero-order valence-electron chi connectivity index (χ0n) is 18.2. The van der Waals surface area contributed by atoms with E-state index in [0.29, 0.717) is 18.2 Å². The van der Waals surface area contributed by atoms with Crippen molar-refractivity contribution >= 4 is 11.6 Å². The lowest BCUT2D eigenvalue weighted by molar-refractivity contribution is 0.0947. The molecule has 164 valence electrons. The Kier molecular flexibility index (Phi) is 5.96. The normalized spacial score (nSPS) is 14.6. The van der Waals surface area contributed by atoms with Crippen LogP contribution in [0.3, 0.4) is 0 Å². The summed E-state index contributed by atoms with van der Waals surface area (Å²) in [4.78, 5) is 21.7. The van der Waals surface area contributed by atoms with Gasteiger partial charge in [-0.15, -0.1) is 0 Å². The zero-order valence-corrected chi connectivity index (χ0v) is 18.2. The van der Waals surface area contributed by atoms with Crippen LogP contribution in [0.25, 0.3) is 16.9 Å². The van der Waals surface area contributed by atoms with Crippen molar-refractivity contribution in [2.24, 2.45) is 0 Å². The van der Waals surface area contributed by atoms with E-state index in [4.69, 9.17) is 4.98 Å². The van der Waals surface area contributed by atoms with E-state index in [0.717, 1.165) is 48.4 Å². The second-order valence-electron chi connectivity index (χ2n) is 8.48. The number of amides is 1. The van der Waals surface area contributed by atoms with E-state index in [-0.39, 0.29) is 5.91 Å². The molecule has 7 heteroatoms. The number of rotatable bonds is 7. The maximum absolute atomic E-state index is 12.8. The summed E-state index contributed by atoms with van der Waals surface area (Å²) in [6, 6.07) is 14.2. The quantitative estimate of drug-likeness (QED) is 0.441. The molecule has 7 nitrogen and oxygen atoms in total. The number of aromatic nitrogens is 5. The van der Waals surface area contributed by atoms with Gasteiger partial charge in [-0.25, -0.2) is 14.5 Å². The van der Waals surface area contributed by atoms with E-state index >= 15 is 0 Å². The molecule has 0 spiro atoms. The van der Waals surface area contributed by atoms with Crippen molar-refractivity contribution in [3.8, 4) is 11.3 Å². The van der Waals surface area contributed by atoms with Gasteiger partial charge in [-0.05, 0) is 25.3 Å². The van der Waals surface area contributed by atoms with E-state index in [1.807, 2.05) is 39.5 Å². The van der Waals surface area contributed by atoms with Crippen LogP contribution in [-0.2, 0) is 6.54 Å². The van der Waals surface area contributed by atoms with Gasteiger partial charge in [0.05, 0.1) is 12.0 Å². The molecule has 0 unspecified atom stereocenters. The van der Waals surface area contributed by atoms with E-state index in [1.165, 1.54) is 19.3 Å². The molecule has 1 fully saturated rings. The van der Waals surface area contributed by atoms with Crippen LogP contribution in [0, 0.1) is 0 Å². The van der Waals surface area contributed by atoms with Gasteiger partial charge in [-0.1, -0.05) is 49.6 Å². The van der Waals surface area contributed by atoms with Crippen molar-refractivity contribution in [1.82, 2.24) is 29.5 Å². The molecule has 1 N–H and O–H groups in total. The van der Waals surface area contributed by atoms with Crippen LogP contribution in [0.1, 0.15) is 60.6 Å². The smallest absolute Gasteiger partial charge is 0.271 e. The van der Waals surface area contributed by atoms with Crippen molar-refractivity contribution in [2.45, 2.75) is 51.0 Å². The maximum Gasteiger partial charge on any atom is 0.271 e. The lowest BCUT2D eigenvalue weighted by atomic mass is 9.86. The summed E-state index contributed by atoms with van der Waals surface area (Å²) in [6.07, 6.45) is 12.4. The highest BCUT2D eigenvalue weighted by Gasteiger charge is 2.22. The number of hydrogen-bond acceptors (Lipinski definition) is 4. The predicted molar refractivity (Wildman–Crippen MR) is 123 cm³/mol. The standard InChI is InChI=1S/C25H28N6O/c32-25(27-12-7-14-30-15-13-26-18-30)22-17-24-28-21(19-8-3-1-4-9-19)16-23(31(24)29-22)20-10-5-2-6-11-20/h1,3-4,8-9,13,15-18,20H,2,5-7,10-12,14H2,(H,27,32). The minimum Gasteiger partial charge on any atom is -0.351 e. The first-order chi connectivity index (χ1) is 15.8. The fourth-order valence-corrected chi connectivity index (χ4v) is 4.53. The van der Waals surface area contributed by atoms with Gasteiger partial charge in [-0.2, -0.15) is 5.10 Å².